The van der Waals surface area contributed by atoms with Crippen LogP contribution < -0.4 is 4.74 Å². The largest absolute Gasteiger partial charge is 0.497 e. The maximum absolute atomic E-state index is 9.55. The average Bonchev–Trinajstić information content (AvgIpc) is 3.39. The fraction of sp³-hybridized carbons (Fsp3) is 0.250. The van der Waals surface area contributed by atoms with Crippen LogP contribution in [0.3, 0.4) is 0 Å². The monoisotopic (exact) mass is 545 g/mol. The van der Waals surface area contributed by atoms with E-state index in [9.17, 15) is 5.11 Å². The molecule has 0 atom stereocenters. The first-order valence-corrected chi connectivity index (χ1v) is 14.4. The van der Waals surface area contributed by atoms with Gasteiger partial charge < -0.3 is 14.4 Å². The van der Waals surface area contributed by atoms with E-state index < -0.39 is 0 Å². The molecule has 0 aliphatic rings. The molecular weight excluding hydrogens is 506 g/mol. The lowest BCUT2D eigenvalue weighted by atomic mass is 10.1. The highest BCUT2D eigenvalue weighted by Gasteiger charge is 2.22. The van der Waals surface area contributed by atoms with Crippen molar-refractivity contribution in [1.82, 2.24) is 14.5 Å². The van der Waals surface area contributed by atoms with Crippen molar-refractivity contribution in [2.24, 2.45) is 0 Å². The van der Waals surface area contributed by atoms with E-state index in [4.69, 9.17) is 9.72 Å². The summed E-state index contributed by atoms with van der Waals surface area (Å²) in [5.74, 6) is 1.88. The van der Waals surface area contributed by atoms with Crippen LogP contribution in [0.1, 0.15) is 42.1 Å². The fourth-order valence-electron chi connectivity index (χ4n) is 5.26. The van der Waals surface area contributed by atoms with Gasteiger partial charge in [0.05, 0.1) is 25.1 Å². The van der Waals surface area contributed by atoms with Crippen LogP contribution in [0.5, 0.6) is 5.75 Å². The zero-order valence-corrected chi connectivity index (χ0v) is 24.0. The van der Waals surface area contributed by atoms with E-state index >= 15 is 0 Å². The number of aliphatic hydroxyl groups excluding tert-OH is 1. The number of nitrogens with zero attached hydrogens (tertiary/aromatic N) is 3. The molecular formula is C36H39N3O2. The van der Waals surface area contributed by atoms with Gasteiger partial charge in [-0.05, 0) is 35.2 Å². The van der Waals surface area contributed by atoms with Crippen molar-refractivity contribution in [3.05, 3.63) is 132 Å². The molecule has 0 fully saturated rings. The van der Waals surface area contributed by atoms with Crippen molar-refractivity contribution in [3.63, 3.8) is 0 Å². The van der Waals surface area contributed by atoms with Gasteiger partial charge in [-0.3, -0.25) is 4.90 Å². The summed E-state index contributed by atoms with van der Waals surface area (Å²) in [4.78, 5) is 7.78. The summed E-state index contributed by atoms with van der Waals surface area (Å²) in [6, 6.07) is 37.6. The minimum absolute atomic E-state index is 0.0487. The van der Waals surface area contributed by atoms with Gasteiger partial charge in [-0.15, -0.1) is 0 Å². The predicted molar refractivity (Wildman–Crippen MR) is 166 cm³/mol. The quantitative estimate of drug-likeness (QED) is 0.165. The molecule has 41 heavy (non-hydrogen) atoms. The molecule has 0 amide bonds. The van der Waals surface area contributed by atoms with Gasteiger partial charge in [-0.2, -0.15) is 0 Å². The summed E-state index contributed by atoms with van der Waals surface area (Å²) in [7, 11) is 1.71. The Labute approximate surface area is 243 Å². The first-order valence-electron chi connectivity index (χ1n) is 14.4. The molecule has 5 nitrogen and oxygen atoms in total. The molecule has 4 aromatic carbocycles. The third-order valence-corrected chi connectivity index (χ3v) is 7.41. The minimum atomic E-state index is 0.0487. The van der Waals surface area contributed by atoms with Crippen LogP contribution in [0.25, 0.3) is 22.6 Å². The molecule has 5 aromatic rings. The van der Waals surface area contributed by atoms with Gasteiger partial charge in [0.25, 0.3) is 0 Å². The summed E-state index contributed by atoms with van der Waals surface area (Å²) in [6.07, 6.45) is 2.19. The van der Waals surface area contributed by atoms with E-state index in [1.165, 1.54) is 16.8 Å². The highest BCUT2D eigenvalue weighted by atomic mass is 16.5. The second-order valence-electron chi connectivity index (χ2n) is 10.4. The Hall–Kier alpha value is -4.19. The molecule has 0 aliphatic carbocycles. The number of rotatable bonds is 13. The highest BCUT2D eigenvalue weighted by Crippen LogP contribution is 2.32. The van der Waals surface area contributed by atoms with Gasteiger partial charge in [-0.25, -0.2) is 4.98 Å². The van der Waals surface area contributed by atoms with E-state index in [0.717, 1.165) is 73.0 Å². The van der Waals surface area contributed by atoms with Crippen LogP contribution in [-0.2, 0) is 32.8 Å². The van der Waals surface area contributed by atoms with Gasteiger partial charge in [0, 0.05) is 37.3 Å². The molecule has 1 aromatic heterocycles. The first-order chi connectivity index (χ1) is 20.2. The molecule has 0 radical (unpaired) electrons. The number of aromatic nitrogens is 2. The molecule has 0 spiro atoms. The molecule has 0 saturated heterocycles. The standard InChI is InChI=1S/C36H39N3O2/c1-3-4-22-39-34(35(31-13-7-5-8-14-31)37-36(39)32-15-9-6-10-16-32)26-38(24-28-18-20-29(27-40)21-19-28)25-30-12-11-17-33(23-30)41-2/h5-21,23,40H,3-4,22,24-27H2,1-2H3. The molecule has 0 saturated carbocycles. The normalized spacial score (nSPS) is 11.2. The van der Waals surface area contributed by atoms with Gasteiger partial charge in [-0.1, -0.05) is 110 Å². The van der Waals surface area contributed by atoms with Crippen LogP contribution in [0, 0.1) is 0 Å². The Kier molecular flexibility index (Phi) is 9.63. The first kappa shape index (κ1) is 28.3. The van der Waals surface area contributed by atoms with E-state index in [1.54, 1.807) is 7.11 Å². The summed E-state index contributed by atoms with van der Waals surface area (Å²) in [5, 5.41) is 9.55. The van der Waals surface area contributed by atoms with E-state index in [1.807, 2.05) is 18.2 Å². The van der Waals surface area contributed by atoms with Gasteiger partial charge in [0.2, 0.25) is 0 Å². The summed E-state index contributed by atoms with van der Waals surface area (Å²) in [5.41, 5.74) is 7.83. The highest BCUT2D eigenvalue weighted by molar-refractivity contribution is 5.68. The third-order valence-electron chi connectivity index (χ3n) is 7.41. The number of hydrogen-bond donors (Lipinski definition) is 1. The number of methoxy groups -OCH3 is 1. The third kappa shape index (κ3) is 7.12. The smallest absolute Gasteiger partial charge is 0.140 e. The number of hydrogen-bond acceptors (Lipinski definition) is 4. The SMILES string of the molecule is CCCCn1c(-c2ccccc2)nc(-c2ccccc2)c1CN(Cc1ccc(CO)cc1)Cc1cccc(OC)c1. The molecule has 1 N–H and O–H groups in total. The fourth-order valence-corrected chi connectivity index (χ4v) is 5.26. The Morgan fingerprint density at radius 1 is 0.732 bits per heavy atom. The van der Waals surface area contributed by atoms with Crippen molar-refractivity contribution in [2.75, 3.05) is 7.11 Å². The predicted octanol–water partition coefficient (Wildman–Crippen LogP) is 7.72. The number of aliphatic hydroxyl groups is 1. The molecule has 1 heterocycles. The molecule has 0 bridgehead atoms. The molecule has 0 unspecified atom stereocenters. The number of ether oxygens (including phenoxy) is 1. The lowest BCUT2D eigenvalue weighted by Gasteiger charge is -2.25. The zero-order valence-electron chi connectivity index (χ0n) is 24.0. The zero-order chi connectivity index (χ0) is 28.4. The van der Waals surface area contributed by atoms with E-state index in [0.29, 0.717) is 0 Å². The second-order valence-corrected chi connectivity index (χ2v) is 10.4. The van der Waals surface area contributed by atoms with Crippen LogP contribution >= 0.6 is 0 Å². The van der Waals surface area contributed by atoms with Crippen LogP contribution in [0.4, 0.5) is 0 Å². The lowest BCUT2D eigenvalue weighted by Crippen LogP contribution is -2.24. The van der Waals surface area contributed by atoms with Gasteiger partial charge >= 0.3 is 0 Å². The minimum Gasteiger partial charge on any atom is -0.497 e. The molecule has 210 valence electrons. The lowest BCUT2D eigenvalue weighted by molar-refractivity contribution is 0.241. The molecule has 5 rings (SSSR count). The summed E-state index contributed by atoms with van der Waals surface area (Å²) < 4.78 is 7.97. The Bertz CT molecular complexity index is 1510. The number of unbranched alkanes of at least 4 members (excludes halogenated alkanes) is 1. The Morgan fingerprint density at radius 3 is 2.05 bits per heavy atom. The summed E-state index contributed by atoms with van der Waals surface area (Å²) >= 11 is 0. The van der Waals surface area contributed by atoms with Gasteiger partial charge in [0.15, 0.2) is 0 Å². The number of benzene rings is 4. The van der Waals surface area contributed by atoms with E-state index in [-0.39, 0.29) is 6.61 Å². The van der Waals surface area contributed by atoms with Crippen molar-refractivity contribution < 1.29 is 9.84 Å². The van der Waals surface area contributed by atoms with Crippen molar-refractivity contribution in [1.29, 1.82) is 0 Å². The van der Waals surface area contributed by atoms with Crippen LogP contribution in [0.2, 0.25) is 0 Å². The Morgan fingerprint density at radius 2 is 1.39 bits per heavy atom. The van der Waals surface area contributed by atoms with Crippen molar-refractivity contribution >= 4 is 0 Å². The summed E-state index contributed by atoms with van der Waals surface area (Å²) in [6.45, 7) is 5.44. The maximum atomic E-state index is 9.55. The van der Waals surface area contributed by atoms with Crippen LogP contribution in [0.15, 0.2) is 109 Å². The molecule has 5 heteroatoms. The topological polar surface area (TPSA) is 50.5 Å². The van der Waals surface area contributed by atoms with Crippen molar-refractivity contribution in [3.8, 4) is 28.4 Å². The van der Waals surface area contributed by atoms with Gasteiger partial charge in [0.1, 0.15) is 11.6 Å². The molecule has 0 aliphatic heterocycles. The van der Waals surface area contributed by atoms with Crippen LogP contribution in [-0.4, -0.2) is 26.7 Å². The second kappa shape index (κ2) is 13.9. The maximum Gasteiger partial charge on any atom is 0.140 e. The average molecular weight is 546 g/mol. The van der Waals surface area contributed by atoms with Crippen molar-refractivity contribution in [2.45, 2.75) is 52.6 Å². The Balaban J connectivity index is 1.60. The van der Waals surface area contributed by atoms with E-state index in [2.05, 4.69) is 107 Å². The number of imidazole rings is 1.